The lowest BCUT2D eigenvalue weighted by atomic mass is 10.1. The number of carbonyl (C=O) groups excluding carboxylic acids is 1. The lowest BCUT2D eigenvalue weighted by Gasteiger charge is -2.13. The van der Waals surface area contributed by atoms with Gasteiger partial charge in [0.2, 0.25) is 5.91 Å². The number of rotatable bonds is 9. The van der Waals surface area contributed by atoms with Crippen molar-refractivity contribution in [3.05, 3.63) is 76.5 Å². The molecule has 2 aromatic carbocycles. The number of anilines is 2. The highest BCUT2D eigenvalue weighted by Crippen LogP contribution is 2.18. The fourth-order valence-corrected chi connectivity index (χ4v) is 3.66. The van der Waals surface area contributed by atoms with Crippen LogP contribution in [0.25, 0.3) is 0 Å². The van der Waals surface area contributed by atoms with E-state index in [0.717, 1.165) is 41.2 Å². The Morgan fingerprint density at radius 3 is 2.40 bits per heavy atom. The summed E-state index contributed by atoms with van der Waals surface area (Å²) in [5, 5.41) is 4.95. The molecule has 0 aliphatic heterocycles. The molecule has 0 saturated heterocycles. The molecule has 1 amide bonds. The molecule has 156 valence electrons. The van der Waals surface area contributed by atoms with Crippen molar-refractivity contribution in [2.75, 3.05) is 24.3 Å². The van der Waals surface area contributed by atoms with Crippen LogP contribution in [0.3, 0.4) is 0 Å². The summed E-state index contributed by atoms with van der Waals surface area (Å²) >= 11 is 1.58. The minimum Gasteiger partial charge on any atom is -0.383 e. The molecule has 3 rings (SSSR count). The number of hydrogen-bond acceptors (Lipinski definition) is 4. The number of aliphatic imine (C=N–C) groups is 1. The first kappa shape index (κ1) is 21.6. The second kappa shape index (κ2) is 10.6. The van der Waals surface area contributed by atoms with E-state index in [1.54, 1.807) is 11.3 Å². The predicted octanol–water partition coefficient (Wildman–Crippen LogP) is 5.20. The van der Waals surface area contributed by atoms with Gasteiger partial charge in [0, 0.05) is 31.9 Å². The number of carbonyl (C=O) groups is 1. The van der Waals surface area contributed by atoms with E-state index in [-0.39, 0.29) is 5.91 Å². The summed E-state index contributed by atoms with van der Waals surface area (Å²) in [5.41, 5.74) is 10.1. The van der Waals surface area contributed by atoms with Gasteiger partial charge in [-0.3, -0.25) is 4.79 Å². The van der Waals surface area contributed by atoms with E-state index < -0.39 is 0 Å². The van der Waals surface area contributed by atoms with Crippen LogP contribution in [-0.4, -0.2) is 25.8 Å². The second-order valence-corrected chi connectivity index (χ2v) is 8.29. The number of amidine groups is 1. The van der Waals surface area contributed by atoms with E-state index in [1.165, 1.54) is 5.56 Å². The first-order valence-corrected chi connectivity index (χ1v) is 10.9. The van der Waals surface area contributed by atoms with Gasteiger partial charge >= 0.3 is 0 Å². The number of benzene rings is 2. The molecular weight excluding hydrogens is 392 g/mol. The summed E-state index contributed by atoms with van der Waals surface area (Å²) in [5.74, 6) is 0.599. The molecule has 30 heavy (non-hydrogen) atoms. The topological polar surface area (TPSA) is 70.7 Å². The van der Waals surface area contributed by atoms with Crippen molar-refractivity contribution in [2.45, 2.75) is 25.7 Å². The maximum Gasteiger partial charge on any atom is 0.224 e. The number of nitrogens with two attached hydrogens (primary N) is 1. The van der Waals surface area contributed by atoms with Gasteiger partial charge < -0.3 is 16.0 Å². The number of thiophene rings is 1. The van der Waals surface area contributed by atoms with Gasteiger partial charge in [0.1, 0.15) is 5.84 Å². The summed E-state index contributed by atoms with van der Waals surface area (Å²) in [6, 6.07) is 19.9. The Balaban J connectivity index is 1.39. The highest BCUT2D eigenvalue weighted by atomic mass is 32.1. The van der Waals surface area contributed by atoms with Crippen molar-refractivity contribution >= 4 is 40.1 Å². The van der Waals surface area contributed by atoms with E-state index >= 15 is 0 Å². The maximum atomic E-state index is 12.1. The average molecular weight is 421 g/mol. The van der Waals surface area contributed by atoms with Crippen LogP contribution in [0.1, 0.15) is 29.7 Å². The summed E-state index contributed by atoms with van der Waals surface area (Å²) in [4.78, 5) is 19.6. The van der Waals surface area contributed by atoms with E-state index in [1.807, 2.05) is 72.9 Å². The summed E-state index contributed by atoms with van der Waals surface area (Å²) in [7, 11) is 3.99. The number of amides is 1. The van der Waals surface area contributed by atoms with Crippen molar-refractivity contribution in [1.82, 2.24) is 0 Å². The van der Waals surface area contributed by atoms with Gasteiger partial charge in [-0.2, -0.15) is 0 Å². The smallest absolute Gasteiger partial charge is 0.224 e. The fourth-order valence-electron chi connectivity index (χ4n) is 3.04. The van der Waals surface area contributed by atoms with Crippen molar-refractivity contribution in [1.29, 1.82) is 0 Å². The molecule has 0 aliphatic rings. The molecule has 1 heterocycles. The van der Waals surface area contributed by atoms with Crippen LogP contribution in [0.15, 0.2) is 71.0 Å². The molecule has 3 N–H and O–H groups in total. The van der Waals surface area contributed by atoms with Crippen LogP contribution in [0.5, 0.6) is 0 Å². The molecule has 6 heteroatoms. The van der Waals surface area contributed by atoms with E-state index in [0.29, 0.717) is 12.3 Å². The highest BCUT2D eigenvalue weighted by Gasteiger charge is 2.04. The number of aryl methyl sites for hydroxylation is 1. The lowest BCUT2D eigenvalue weighted by Crippen LogP contribution is -2.12. The van der Waals surface area contributed by atoms with Crippen LogP contribution in [-0.2, 0) is 11.2 Å². The minimum atomic E-state index is 0.0568. The van der Waals surface area contributed by atoms with Crippen molar-refractivity contribution in [3.8, 4) is 0 Å². The first-order chi connectivity index (χ1) is 14.5. The average Bonchev–Trinajstić information content (AvgIpc) is 3.28. The van der Waals surface area contributed by atoms with Crippen molar-refractivity contribution in [3.63, 3.8) is 0 Å². The van der Waals surface area contributed by atoms with Crippen LogP contribution >= 0.6 is 11.3 Å². The monoisotopic (exact) mass is 420 g/mol. The molecule has 3 aromatic rings. The first-order valence-electron chi connectivity index (χ1n) is 10.1. The molecule has 0 fully saturated rings. The third kappa shape index (κ3) is 6.46. The molecule has 0 unspecified atom stereocenters. The standard InChI is InChI=1S/C24H28N4OS/c1-28(2)21-15-13-19(14-16-21)26-23(29)8-4-3-6-18-9-11-20(12-10-18)27-24(25)22-7-5-17-30-22/h5,7,9-17H,3-4,6,8H2,1-2H3,(H2,25,27)(H,26,29). The molecule has 5 nitrogen and oxygen atoms in total. The normalized spacial score (nSPS) is 11.3. The molecule has 1 aromatic heterocycles. The minimum absolute atomic E-state index is 0.0568. The number of hydrogen-bond donors (Lipinski definition) is 2. The molecule has 0 atom stereocenters. The molecule has 0 radical (unpaired) electrons. The third-order valence-electron chi connectivity index (χ3n) is 4.75. The van der Waals surface area contributed by atoms with Crippen LogP contribution < -0.4 is 16.0 Å². The SMILES string of the molecule is CN(C)c1ccc(NC(=O)CCCCc2ccc(N=C(N)c3cccs3)cc2)cc1. The van der Waals surface area contributed by atoms with Crippen LogP contribution in [0, 0.1) is 0 Å². The Morgan fingerprint density at radius 1 is 1.03 bits per heavy atom. The molecular formula is C24H28N4OS. The Kier molecular flexibility index (Phi) is 7.63. The number of nitrogens with one attached hydrogen (secondary N) is 1. The highest BCUT2D eigenvalue weighted by molar-refractivity contribution is 7.12. The zero-order valence-corrected chi connectivity index (χ0v) is 18.3. The van der Waals surface area contributed by atoms with Gasteiger partial charge in [0.25, 0.3) is 0 Å². The predicted molar refractivity (Wildman–Crippen MR) is 128 cm³/mol. The fraction of sp³-hybridized carbons (Fsp3) is 0.250. The zero-order chi connectivity index (χ0) is 21.3. The van der Waals surface area contributed by atoms with E-state index in [2.05, 4.69) is 22.4 Å². The largest absolute Gasteiger partial charge is 0.383 e. The maximum absolute atomic E-state index is 12.1. The van der Waals surface area contributed by atoms with E-state index in [9.17, 15) is 4.79 Å². The summed E-state index contributed by atoms with van der Waals surface area (Å²) < 4.78 is 0. The van der Waals surface area contributed by atoms with Gasteiger partial charge in [-0.05, 0) is 72.7 Å². The third-order valence-corrected chi connectivity index (χ3v) is 5.64. The van der Waals surface area contributed by atoms with Gasteiger partial charge in [-0.1, -0.05) is 18.2 Å². The van der Waals surface area contributed by atoms with Crippen LogP contribution in [0.2, 0.25) is 0 Å². The molecule has 0 aliphatic carbocycles. The quantitative estimate of drug-likeness (QED) is 0.284. The number of nitrogens with zero attached hydrogens (tertiary/aromatic N) is 2. The zero-order valence-electron chi connectivity index (χ0n) is 17.5. The van der Waals surface area contributed by atoms with Gasteiger partial charge in [-0.15, -0.1) is 11.3 Å². The van der Waals surface area contributed by atoms with Crippen molar-refractivity contribution in [2.24, 2.45) is 10.7 Å². The lowest BCUT2D eigenvalue weighted by molar-refractivity contribution is -0.116. The van der Waals surface area contributed by atoms with Gasteiger partial charge in [0.05, 0.1) is 10.6 Å². The second-order valence-electron chi connectivity index (χ2n) is 7.34. The Morgan fingerprint density at radius 2 is 1.77 bits per heavy atom. The summed E-state index contributed by atoms with van der Waals surface area (Å²) in [6.45, 7) is 0. The Labute approximate surface area is 182 Å². The van der Waals surface area contributed by atoms with Crippen LogP contribution in [0.4, 0.5) is 17.1 Å². The Hall–Kier alpha value is -3.12. The van der Waals surface area contributed by atoms with E-state index in [4.69, 9.17) is 5.73 Å². The van der Waals surface area contributed by atoms with Gasteiger partial charge in [0.15, 0.2) is 0 Å². The molecule has 0 saturated carbocycles. The molecule has 0 spiro atoms. The summed E-state index contributed by atoms with van der Waals surface area (Å²) in [6.07, 6.45) is 3.28. The van der Waals surface area contributed by atoms with Gasteiger partial charge in [-0.25, -0.2) is 4.99 Å². The van der Waals surface area contributed by atoms with Crippen molar-refractivity contribution < 1.29 is 4.79 Å². The molecule has 0 bridgehead atoms. The Bertz CT molecular complexity index is 961. The number of unbranched alkanes of at least 4 members (excludes halogenated alkanes) is 1.